The lowest BCUT2D eigenvalue weighted by molar-refractivity contribution is -0.139. The van der Waals surface area contributed by atoms with Crippen molar-refractivity contribution in [2.75, 3.05) is 0 Å². The summed E-state index contributed by atoms with van der Waals surface area (Å²) in [6.45, 7) is 5.04. The maximum absolute atomic E-state index is 13.1. The van der Waals surface area contributed by atoms with Crippen molar-refractivity contribution in [2.24, 2.45) is 5.92 Å². The summed E-state index contributed by atoms with van der Waals surface area (Å²) in [6, 6.07) is 10.1. The van der Waals surface area contributed by atoms with Crippen molar-refractivity contribution in [1.29, 1.82) is 0 Å². The fourth-order valence-electron chi connectivity index (χ4n) is 4.22. The Hall–Kier alpha value is -3.22. The van der Waals surface area contributed by atoms with E-state index in [4.69, 9.17) is 4.42 Å². The van der Waals surface area contributed by atoms with Crippen molar-refractivity contribution in [3.8, 4) is 0 Å². The number of furan rings is 1. The molecule has 1 amide bonds. The summed E-state index contributed by atoms with van der Waals surface area (Å²) in [4.78, 5) is 15.0. The number of aromatic nitrogens is 4. The predicted octanol–water partition coefficient (Wildman–Crippen LogP) is 3.82. The molecule has 5 rings (SSSR count). The molecule has 0 atom stereocenters. The number of aryl methyl sites for hydroxylation is 2. The minimum Gasteiger partial charge on any atom is -0.467 e. The molecule has 1 saturated carbocycles. The number of hydrogen-bond donors (Lipinski definition) is 0. The van der Waals surface area contributed by atoms with Gasteiger partial charge in [-0.1, -0.05) is 18.1 Å². The summed E-state index contributed by atoms with van der Waals surface area (Å²) in [7, 11) is 0. The number of tetrazole rings is 1. The van der Waals surface area contributed by atoms with Gasteiger partial charge in [-0.15, -0.1) is 5.10 Å². The maximum atomic E-state index is 13.1. The molecule has 7 heteroatoms. The first kappa shape index (κ1) is 17.8. The fraction of sp³-hybridized carbons (Fsp3) is 0.364. The Kier molecular flexibility index (Phi) is 4.30. The molecule has 148 valence electrons. The van der Waals surface area contributed by atoms with Crippen LogP contribution in [-0.4, -0.2) is 30.8 Å². The third kappa shape index (κ3) is 3.16. The largest absolute Gasteiger partial charge is 0.467 e. The van der Waals surface area contributed by atoms with Crippen LogP contribution in [0.1, 0.15) is 41.7 Å². The molecule has 0 radical (unpaired) electrons. The first-order valence-electron chi connectivity index (χ1n) is 10.0. The third-order valence-electron chi connectivity index (χ3n) is 5.83. The molecule has 1 aliphatic rings. The highest BCUT2D eigenvalue weighted by atomic mass is 16.3. The third-order valence-corrected chi connectivity index (χ3v) is 5.83. The molecule has 1 aromatic carbocycles. The second kappa shape index (κ2) is 6.99. The Morgan fingerprint density at radius 2 is 2.10 bits per heavy atom. The van der Waals surface area contributed by atoms with Crippen LogP contribution in [0.4, 0.5) is 0 Å². The fourth-order valence-corrected chi connectivity index (χ4v) is 4.22. The lowest BCUT2D eigenvalue weighted by Crippen LogP contribution is -2.38. The van der Waals surface area contributed by atoms with E-state index in [2.05, 4.69) is 47.6 Å². The molecule has 1 aliphatic carbocycles. The average molecular weight is 389 g/mol. The Bertz CT molecular complexity index is 1190. The SMILES string of the molecule is Cc1cc(C)c2c(c1)cc(CN(Cc1ccco1)C(=O)C1CCC1)c1nnnn12. The standard InChI is InChI=1S/C22H23N5O2/c1-14-9-15(2)20-17(10-14)11-18(21-23-24-25-27(20)21)12-26(13-19-7-4-8-29-19)22(28)16-5-3-6-16/h4,7-11,16H,3,5-6,12-13H2,1-2H3. The molecular weight excluding hydrogens is 366 g/mol. The molecule has 1 fully saturated rings. The molecule has 3 heterocycles. The smallest absolute Gasteiger partial charge is 0.226 e. The van der Waals surface area contributed by atoms with Crippen LogP contribution < -0.4 is 0 Å². The van der Waals surface area contributed by atoms with E-state index in [1.54, 1.807) is 10.8 Å². The van der Waals surface area contributed by atoms with Crippen LogP contribution in [0.3, 0.4) is 0 Å². The highest BCUT2D eigenvalue weighted by Crippen LogP contribution is 2.30. The van der Waals surface area contributed by atoms with Crippen molar-refractivity contribution in [3.05, 3.63) is 59.0 Å². The van der Waals surface area contributed by atoms with Gasteiger partial charge in [0.2, 0.25) is 5.91 Å². The summed E-state index contributed by atoms with van der Waals surface area (Å²) in [5.74, 6) is 1.07. The molecule has 4 aromatic rings. The van der Waals surface area contributed by atoms with E-state index >= 15 is 0 Å². The van der Waals surface area contributed by atoms with Crippen LogP contribution in [0, 0.1) is 19.8 Å². The summed E-state index contributed by atoms with van der Waals surface area (Å²) < 4.78 is 7.31. The maximum Gasteiger partial charge on any atom is 0.226 e. The van der Waals surface area contributed by atoms with Crippen LogP contribution in [0.5, 0.6) is 0 Å². The molecular formula is C22H23N5O2. The van der Waals surface area contributed by atoms with Gasteiger partial charge in [0.1, 0.15) is 5.76 Å². The quantitative estimate of drug-likeness (QED) is 0.519. The van der Waals surface area contributed by atoms with Crippen molar-refractivity contribution >= 4 is 22.5 Å². The molecule has 0 aliphatic heterocycles. The Morgan fingerprint density at radius 3 is 2.83 bits per heavy atom. The molecule has 7 nitrogen and oxygen atoms in total. The van der Waals surface area contributed by atoms with Gasteiger partial charge in [-0.2, -0.15) is 4.52 Å². The van der Waals surface area contributed by atoms with E-state index < -0.39 is 0 Å². The number of benzene rings is 1. The lowest BCUT2D eigenvalue weighted by Gasteiger charge is -2.31. The van der Waals surface area contributed by atoms with E-state index in [1.165, 1.54) is 5.56 Å². The zero-order chi connectivity index (χ0) is 20.0. The molecule has 0 bridgehead atoms. The summed E-state index contributed by atoms with van der Waals surface area (Å²) in [5.41, 5.74) is 4.94. The normalized spacial score (nSPS) is 14.4. The monoisotopic (exact) mass is 389 g/mol. The van der Waals surface area contributed by atoms with Gasteiger partial charge < -0.3 is 9.32 Å². The molecule has 0 N–H and O–H groups in total. The molecule has 29 heavy (non-hydrogen) atoms. The summed E-state index contributed by atoms with van der Waals surface area (Å²) in [5, 5.41) is 13.5. The van der Waals surface area contributed by atoms with Gasteiger partial charge in [0, 0.05) is 23.4 Å². The second-order valence-electron chi connectivity index (χ2n) is 8.01. The van der Waals surface area contributed by atoms with Gasteiger partial charge in [0.15, 0.2) is 5.65 Å². The number of hydrogen-bond acceptors (Lipinski definition) is 5. The van der Waals surface area contributed by atoms with Gasteiger partial charge in [0.25, 0.3) is 0 Å². The number of carbonyl (C=O) groups is 1. The van der Waals surface area contributed by atoms with Crippen LogP contribution in [0.15, 0.2) is 41.0 Å². The Balaban J connectivity index is 1.58. The van der Waals surface area contributed by atoms with E-state index in [0.717, 1.165) is 47.1 Å². The van der Waals surface area contributed by atoms with Gasteiger partial charge >= 0.3 is 0 Å². The van der Waals surface area contributed by atoms with Gasteiger partial charge in [0.05, 0.1) is 18.3 Å². The van der Waals surface area contributed by atoms with Crippen molar-refractivity contribution in [3.63, 3.8) is 0 Å². The molecule has 0 unspecified atom stereocenters. The molecule has 0 spiro atoms. The number of rotatable bonds is 5. The second-order valence-corrected chi connectivity index (χ2v) is 8.01. The molecule has 0 saturated heterocycles. The number of pyridine rings is 1. The van der Waals surface area contributed by atoms with Crippen LogP contribution in [0.25, 0.3) is 16.6 Å². The molecule has 3 aromatic heterocycles. The zero-order valence-electron chi connectivity index (χ0n) is 16.6. The summed E-state index contributed by atoms with van der Waals surface area (Å²) in [6.07, 6.45) is 4.69. The number of amides is 1. The zero-order valence-corrected chi connectivity index (χ0v) is 16.6. The number of nitrogens with zero attached hydrogens (tertiary/aromatic N) is 5. The highest BCUT2D eigenvalue weighted by molar-refractivity contribution is 5.87. The van der Waals surface area contributed by atoms with Crippen LogP contribution >= 0.6 is 0 Å². The topological polar surface area (TPSA) is 76.5 Å². The minimum atomic E-state index is 0.113. The van der Waals surface area contributed by atoms with E-state index in [9.17, 15) is 4.79 Å². The Labute approximate surface area is 168 Å². The average Bonchev–Trinajstić information content (AvgIpc) is 3.30. The number of fused-ring (bicyclic) bond motifs is 3. The number of carbonyl (C=O) groups excluding carboxylic acids is 1. The highest BCUT2D eigenvalue weighted by Gasteiger charge is 2.30. The van der Waals surface area contributed by atoms with Gasteiger partial charge in [-0.05, 0) is 66.9 Å². The van der Waals surface area contributed by atoms with E-state index in [0.29, 0.717) is 18.7 Å². The van der Waals surface area contributed by atoms with Crippen molar-refractivity contribution < 1.29 is 9.21 Å². The van der Waals surface area contributed by atoms with Crippen LogP contribution in [0.2, 0.25) is 0 Å². The lowest BCUT2D eigenvalue weighted by atomic mass is 9.84. The van der Waals surface area contributed by atoms with E-state index in [-0.39, 0.29) is 11.8 Å². The predicted molar refractivity (Wildman–Crippen MR) is 108 cm³/mol. The summed E-state index contributed by atoms with van der Waals surface area (Å²) >= 11 is 0. The van der Waals surface area contributed by atoms with Crippen molar-refractivity contribution in [2.45, 2.75) is 46.2 Å². The minimum absolute atomic E-state index is 0.113. The first-order chi connectivity index (χ1) is 14.1. The van der Waals surface area contributed by atoms with Gasteiger partial charge in [-0.25, -0.2) is 0 Å². The first-order valence-corrected chi connectivity index (χ1v) is 10.0. The van der Waals surface area contributed by atoms with E-state index in [1.807, 2.05) is 17.0 Å². The van der Waals surface area contributed by atoms with Crippen LogP contribution in [-0.2, 0) is 17.9 Å². The van der Waals surface area contributed by atoms with Crippen molar-refractivity contribution in [1.82, 2.24) is 24.9 Å². The van der Waals surface area contributed by atoms with Gasteiger partial charge in [-0.3, -0.25) is 4.79 Å². The Morgan fingerprint density at radius 1 is 1.24 bits per heavy atom.